The van der Waals surface area contributed by atoms with E-state index in [9.17, 15) is 9.46 Å². The molecule has 0 saturated carbocycles. The lowest BCUT2D eigenvalue weighted by atomic mass is 10.2. The van der Waals surface area contributed by atoms with Gasteiger partial charge in [0.15, 0.2) is 17.8 Å². The molecule has 5 unspecified atom stereocenters. The zero-order valence-corrected chi connectivity index (χ0v) is 17.8. The molecule has 0 bridgehead atoms. The Morgan fingerprint density at radius 3 is 2.97 bits per heavy atom. The number of ether oxygens (including phenoxy) is 3. The summed E-state index contributed by atoms with van der Waals surface area (Å²) in [6.07, 6.45) is 3.42. The summed E-state index contributed by atoms with van der Waals surface area (Å²) in [5, 5.41) is 2.74. The lowest BCUT2D eigenvalue weighted by molar-refractivity contribution is -0.0658. The van der Waals surface area contributed by atoms with Crippen molar-refractivity contribution in [2.75, 3.05) is 18.7 Å². The monoisotopic (exact) mass is 428 g/mol. The van der Waals surface area contributed by atoms with Gasteiger partial charge in [-0.2, -0.15) is 0 Å². The highest BCUT2D eigenvalue weighted by molar-refractivity contribution is 7.55. The van der Waals surface area contributed by atoms with Crippen molar-refractivity contribution in [3.63, 3.8) is 0 Å². The molecule has 11 nitrogen and oxygen atoms in total. The molecule has 0 amide bonds. The number of nitrogen functional groups attached to an aromatic ring is 1. The summed E-state index contributed by atoms with van der Waals surface area (Å²) in [5.41, 5.74) is 6.89. The Morgan fingerprint density at radius 1 is 1.45 bits per heavy atom. The van der Waals surface area contributed by atoms with Crippen LogP contribution in [0.4, 0.5) is 5.82 Å². The highest BCUT2D eigenvalue weighted by Gasteiger charge is 2.29. The maximum absolute atomic E-state index is 12.5. The Hall–Kier alpha value is -1.62. The van der Waals surface area contributed by atoms with E-state index in [4.69, 9.17) is 19.9 Å². The van der Waals surface area contributed by atoms with Crippen LogP contribution >= 0.6 is 7.52 Å². The molecule has 3 heterocycles. The molecule has 1 fully saturated rings. The average molecular weight is 428 g/mol. The summed E-state index contributed by atoms with van der Waals surface area (Å²) < 4.78 is 31.1. The number of hydrogen-bond acceptors (Lipinski definition) is 8. The minimum atomic E-state index is -3.68. The molecule has 1 saturated heterocycles. The van der Waals surface area contributed by atoms with Gasteiger partial charge in [-0.05, 0) is 20.3 Å². The van der Waals surface area contributed by atoms with Crippen molar-refractivity contribution < 1.29 is 23.7 Å². The summed E-state index contributed by atoms with van der Waals surface area (Å²) >= 11 is 0. The van der Waals surface area contributed by atoms with E-state index in [1.165, 1.54) is 6.33 Å². The van der Waals surface area contributed by atoms with Crippen molar-refractivity contribution in [2.45, 2.75) is 64.7 Å². The van der Waals surface area contributed by atoms with E-state index in [1.807, 2.05) is 20.8 Å². The lowest BCUT2D eigenvalue weighted by Gasteiger charge is -2.22. The quantitative estimate of drug-likeness (QED) is 0.475. The number of anilines is 1. The molecule has 2 aromatic rings. The topological polar surface area (TPSA) is 147 Å². The molecule has 5 atom stereocenters. The molecule has 0 aliphatic carbocycles. The van der Waals surface area contributed by atoms with Crippen molar-refractivity contribution in [2.24, 2.45) is 0 Å². The van der Waals surface area contributed by atoms with Gasteiger partial charge in [-0.3, -0.25) is 4.57 Å². The number of imidazole rings is 1. The Balaban J connectivity index is 1.46. The number of nitrogens with one attached hydrogen (secondary N) is 1. The van der Waals surface area contributed by atoms with E-state index in [1.54, 1.807) is 10.9 Å². The fourth-order valence-corrected chi connectivity index (χ4v) is 4.48. The summed E-state index contributed by atoms with van der Waals surface area (Å²) in [6.45, 7) is 6.63. The maximum atomic E-state index is 12.5. The second kappa shape index (κ2) is 9.46. The van der Waals surface area contributed by atoms with Crippen LogP contribution in [0, 0.1) is 0 Å². The van der Waals surface area contributed by atoms with E-state index in [0.717, 1.165) is 6.42 Å². The Labute approximate surface area is 169 Å². The zero-order chi connectivity index (χ0) is 21.0. The van der Waals surface area contributed by atoms with E-state index >= 15 is 0 Å². The highest BCUT2D eigenvalue weighted by atomic mass is 31.2. The molecule has 12 heteroatoms. The Kier molecular flexibility index (Phi) is 7.20. The fourth-order valence-electron chi connectivity index (χ4n) is 3.16. The van der Waals surface area contributed by atoms with E-state index < -0.39 is 7.52 Å². The van der Waals surface area contributed by atoms with Gasteiger partial charge < -0.3 is 29.4 Å². The molecule has 4 N–H and O–H groups in total. The fraction of sp³-hybridized carbons (Fsp3) is 0.706. The molecule has 0 aromatic carbocycles. The molecule has 0 radical (unpaired) electrons. The minimum Gasteiger partial charge on any atom is -0.382 e. The molecule has 1 aliphatic heterocycles. The first-order valence-corrected chi connectivity index (χ1v) is 11.5. The van der Waals surface area contributed by atoms with Gasteiger partial charge in [-0.15, -0.1) is 0 Å². The van der Waals surface area contributed by atoms with Crippen molar-refractivity contribution in [1.82, 2.24) is 24.6 Å². The van der Waals surface area contributed by atoms with Crippen LogP contribution in [-0.2, 0) is 25.3 Å². The third-order valence-corrected chi connectivity index (χ3v) is 6.00. The Bertz CT molecular complexity index is 864. The smallest absolute Gasteiger partial charge is 0.292 e. The van der Waals surface area contributed by atoms with E-state index in [-0.39, 0.29) is 30.9 Å². The normalized spacial score (nSPS) is 23.9. The van der Waals surface area contributed by atoms with Gasteiger partial charge in [-0.25, -0.2) is 20.0 Å². The number of hydrogen-bond donors (Lipinski definition) is 3. The van der Waals surface area contributed by atoms with Crippen molar-refractivity contribution >= 4 is 24.5 Å². The molecule has 0 spiro atoms. The van der Waals surface area contributed by atoms with Gasteiger partial charge in [-0.1, -0.05) is 6.92 Å². The molecule has 3 rings (SSSR count). The van der Waals surface area contributed by atoms with Crippen LogP contribution < -0.4 is 10.8 Å². The number of aromatic nitrogens is 4. The number of rotatable bonds is 10. The third kappa shape index (κ3) is 5.94. The summed E-state index contributed by atoms with van der Waals surface area (Å²) in [4.78, 5) is 22.5. The van der Waals surface area contributed by atoms with Crippen LogP contribution in [0.25, 0.3) is 11.2 Å². The van der Waals surface area contributed by atoms with Crippen LogP contribution in [0.5, 0.6) is 0 Å². The molecule has 162 valence electrons. The van der Waals surface area contributed by atoms with Crippen LogP contribution in [0.2, 0.25) is 0 Å². The molecule has 2 aromatic heterocycles. The van der Waals surface area contributed by atoms with Crippen LogP contribution in [0.3, 0.4) is 0 Å². The summed E-state index contributed by atoms with van der Waals surface area (Å²) in [7, 11) is -3.68. The van der Waals surface area contributed by atoms with Gasteiger partial charge >= 0.3 is 0 Å². The van der Waals surface area contributed by atoms with E-state index in [0.29, 0.717) is 36.6 Å². The first-order chi connectivity index (χ1) is 13.8. The second-order valence-corrected chi connectivity index (χ2v) is 9.25. The van der Waals surface area contributed by atoms with Crippen molar-refractivity contribution in [3.8, 4) is 0 Å². The molecule has 29 heavy (non-hydrogen) atoms. The standard InChI is InChI=1S/C17H29N6O5P/c1-4-13-7-26-14(28-13)5-11(2)22-29(24,25)10-27-12(3)6-23-9-21-15-16(18)19-8-20-17(15)23/h8-9,11-14H,4-7,10H2,1-3H3,(H2,18,19,20)(H2,22,24,25). The lowest BCUT2D eigenvalue weighted by Crippen LogP contribution is -2.30. The SMILES string of the molecule is CCC1COC(CC(C)NP(=O)(O)COC(C)Cn2cnc3c(N)ncnc32)O1. The zero-order valence-electron chi connectivity index (χ0n) is 16.9. The van der Waals surface area contributed by atoms with Crippen LogP contribution in [-0.4, -0.2) is 61.9 Å². The summed E-state index contributed by atoms with van der Waals surface area (Å²) in [6, 6.07) is -0.261. The summed E-state index contributed by atoms with van der Waals surface area (Å²) in [5.74, 6) is 0.306. The second-order valence-electron chi connectivity index (χ2n) is 7.33. The van der Waals surface area contributed by atoms with E-state index in [2.05, 4.69) is 20.0 Å². The van der Waals surface area contributed by atoms with Crippen molar-refractivity contribution in [1.29, 1.82) is 0 Å². The largest absolute Gasteiger partial charge is 0.382 e. The van der Waals surface area contributed by atoms with Gasteiger partial charge in [0, 0.05) is 12.5 Å². The third-order valence-electron chi connectivity index (χ3n) is 4.65. The first kappa shape index (κ1) is 22.1. The average Bonchev–Trinajstić information content (AvgIpc) is 3.27. The molecule has 1 aliphatic rings. The Morgan fingerprint density at radius 2 is 2.24 bits per heavy atom. The van der Waals surface area contributed by atoms with Crippen LogP contribution in [0.15, 0.2) is 12.7 Å². The molecular formula is C17H29N6O5P. The highest BCUT2D eigenvalue weighted by Crippen LogP contribution is 2.37. The number of nitrogens with zero attached hydrogens (tertiary/aromatic N) is 4. The van der Waals surface area contributed by atoms with Gasteiger partial charge in [0.25, 0.3) is 7.52 Å². The number of nitrogens with two attached hydrogens (primary N) is 1. The van der Waals surface area contributed by atoms with Gasteiger partial charge in [0.2, 0.25) is 0 Å². The molecular weight excluding hydrogens is 399 g/mol. The number of fused-ring (bicyclic) bond motifs is 1. The van der Waals surface area contributed by atoms with Crippen LogP contribution in [0.1, 0.15) is 33.6 Å². The predicted octanol–water partition coefficient (Wildman–Crippen LogP) is 1.48. The first-order valence-electron chi connectivity index (χ1n) is 9.67. The minimum absolute atomic E-state index is 0.0946. The van der Waals surface area contributed by atoms with Gasteiger partial charge in [0.05, 0.1) is 31.7 Å². The van der Waals surface area contributed by atoms with Crippen molar-refractivity contribution in [3.05, 3.63) is 12.7 Å². The van der Waals surface area contributed by atoms with Gasteiger partial charge in [0.1, 0.15) is 18.2 Å². The predicted molar refractivity (Wildman–Crippen MR) is 107 cm³/mol. The maximum Gasteiger partial charge on any atom is 0.292 e.